The summed E-state index contributed by atoms with van der Waals surface area (Å²) in [6.07, 6.45) is 6.18. The van der Waals surface area contributed by atoms with Crippen LogP contribution in [-0.4, -0.2) is 104 Å². The molecule has 2 unspecified atom stereocenters. The monoisotopic (exact) mass is 964 g/mol. The topological polar surface area (TPSA) is 217 Å². The molecule has 17 nitrogen and oxygen atoms in total. The van der Waals surface area contributed by atoms with Crippen molar-refractivity contribution in [2.45, 2.75) is 76.0 Å². The van der Waals surface area contributed by atoms with Gasteiger partial charge in [-0.1, -0.05) is 30.0 Å². The van der Waals surface area contributed by atoms with E-state index in [9.17, 15) is 42.7 Å². The number of hydrogen-bond acceptors (Lipinski definition) is 12. The van der Waals surface area contributed by atoms with E-state index in [1.807, 2.05) is 0 Å². The maximum atomic E-state index is 14.6. The molecule has 2 aromatic heterocycles. The average Bonchev–Trinajstić information content (AvgIpc) is 4.06. The van der Waals surface area contributed by atoms with Gasteiger partial charge in [-0.25, -0.2) is 14.4 Å². The number of aryl methyl sites for hydroxylation is 1. The van der Waals surface area contributed by atoms with E-state index in [1.165, 1.54) is 53.9 Å². The van der Waals surface area contributed by atoms with E-state index < -0.39 is 53.3 Å². The Labute approximate surface area is 404 Å². The number of carbonyl (C=O) groups is 8. The molecule has 356 valence electrons. The number of pyridine rings is 1. The minimum Gasteiger partial charge on any atom is -0.496 e. The number of fused-ring (bicyclic) bond motifs is 2. The lowest BCUT2D eigenvalue weighted by Crippen LogP contribution is -2.54. The molecule has 0 saturated carbocycles. The van der Waals surface area contributed by atoms with Gasteiger partial charge in [-0.05, 0) is 98.2 Å². The molecular formula is C51H45FN8O9S. The zero-order chi connectivity index (χ0) is 49.1. The summed E-state index contributed by atoms with van der Waals surface area (Å²) in [4.78, 5) is 117. The Morgan fingerprint density at radius 1 is 0.900 bits per heavy atom. The first-order chi connectivity index (χ1) is 33.9. The Bertz CT molecular complexity index is 3020. The lowest BCUT2D eigenvalue weighted by atomic mass is 9.97. The fraction of sp³-hybridized carbons (Fsp3) is 0.294. The van der Waals surface area contributed by atoms with Crippen molar-refractivity contribution in [1.29, 1.82) is 0 Å². The van der Waals surface area contributed by atoms with Crippen molar-refractivity contribution in [2.24, 2.45) is 0 Å². The molecular weight excluding hydrogens is 920 g/mol. The molecule has 9 rings (SSSR count). The fourth-order valence-electron chi connectivity index (χ4n) is 9.26. The van der Waals surface area contributed by atoms with Crippen LogP contribution < -0.4 is 20.7 Å². The van der Waals surface area contributed by atoms with Crippen LogP contribution in [0.15, 0.2) is 84.5 Å². The number of likely N-dealkylation sites (tertiary alicyclic amines) is 1. The molecule has 8 amide bonds. The van der Waals surface area contributed by atoms with Gasteiger partial charge in [0.15, 0.2) is 5.13 Å². The van der Waals surface area contributed by atoms with Crippen LogP contribution in [0.25, 0.3) is 0 Å². The quantitative estimate of drug-likeness (QED) is 0.0815. The van der Waals surface area contributed by atoms with E-state index in [0.717, 1.165) is 4.90 Å². The van der Waals surface area contributed by atoms with Crippen molar-refractivity contribution in [3.63, 3.8) is 0 Å². The number of rotatable bonds is 13. The molecule has 0 aliphatic carbocycles. The van der Waals surface area contributed by atoms with Crippen LogP contribution in [0, 0.1) is 17.7 Å². The Kier molecular flexibility index (Phi) is 13.6. The number of nitrogens with zero attached hydrogens (tertiary/aromatic N) is 5. The third-order valence-corrected chi connectivity index (χ3v) is 13.5. The number of thiazole rings is 1. The number of anilines is 1. The highest BCUT2D eigenvalue weighted by molar-refractivity contribution is 7.13. The highest BCUT2D eigenvalue weighted by Gasteiger charge is 2.45. The van der Waals surface area contributed by atoms with Gasteiger partial charge in [-0.3, -0.25) is 53.9 Å². The number of hydrogen-bond donors (Lipinski definition) is 3. The first kappa shape index (κ1) is 47.0. The molecule has 4 aliphatic rings. The van der Waals surface area contributed by atoms with Gasteiger partial charge in [0.2, 0.25) is 17.7 Å². The van der Waals surface area contributed by atoms with Crippen molar-refractivity contribution < 1.29 is 47.5 Å². The van der Waals surface area contributed by atoms with E-state index in [2.05, 4.69) is 37.8 Å². The van der Waals surface area contributed by atoms with Gasteiger partial charge in [-0.15, -0.1) is 11.3 Å². The predicted molar refractivity (Wildman–Crippen MR) is 251 cm³/mol. The number of unbranched alkanes of at least 4 members (excludes halogenated alkanes) is 1. The second-order valence-corrected chi connectivity index (χ2v) is 18.1. The number of benzene rings is 3. The number of halogens is 1. The number of amides is 8. The summed E-state index contributed by atoms with van der Waals surface area (Å²) in [5, 5.41) is 9.98. The summed E-state index contributed by atoms with van der Waals surface area (Å²) in [5.74, 6) is 2.13. The van der Waals surface area contributed by atoms with E-state index in [1.54, 1.807) is 58.8 Å². The lowest BCUT2D eigenvalue weighted by molar-refractivity contribution is -0.136. The molecule has 0 spiro atoms. The zero-order valence-electron chi connectivity index (χ0n) is 37.8. The smallest absolute Gasteiger partial charge is 0.270 e. The third-order valence-electron chi connectivity index (χ3n) is 12.8. The standard InChI is InChI=1S/C51H45FN8O9S/c1-69-40-17-14-33(52)26-37(40)44(47(65)57-51-53-21-24-70-51)59-28-32-13-11-29(25-36(32)48(59)66)9-10-30-12-15-38(54-27-30)45(63)55-34-19-22-58(23-20-34)42(62)8-3-2-5-31-6-4-7-35-43(31)50(68)60(49(35)67)39-16-18-41(61)56-46(39)64/h4,6-7,11-15,17,21,24-27,34,39,44H,2-3,5,8,16,18-20,22-23,28H2,1H3,(H,55,63)(H,53,57,65)(H,56,61,64). The summed E-state index contributed by atoms with van der Waals surface area (Å²) in [6.45, 7) is 1.03. The van der Waals surface area contributed by atoms with Crippen molar-refractivity contribution in [3.8, 4) is 17.6 Å². The van der Waals surface area contributed by atoms with Crippen LogP contribution in [0.2, 0.25) is 0 Å². The number of nitrogens with one attached hydrogen (secondary N) is 3. The van der Waals surface area contributed by atoms with Crippen LogP contribution in [0.4, 0.5) is 9.52 Å². The van der Waals surface area contributed by atoms with Gasteiger partial charge in [0.25, 0.3) is 29.5 Å². The van der Waals surface area contributed by atoms with Crippen LogP contribution in [-0.2, 0) is 32.1 Å². The summed E-state index contributed by atoms with van der Waals surface area (Å²) in [7, 11) is 1.40. The van der Waals surface area contributed by atoms with Crippen molar-refractivity contribution in [1.82, 2.24) is 35.3 Å². The SMILES string of the molecule is COc1ccc(F)cc1C(C(=O)Nc1nccs1)N1Cc2ccc(C#Cc3ccc(C(=O)NC4CCN(C(=O)CCCCc5cccc6c5C(=O)N(C5CCC(=O)NC5=O)C6=O)CC4)nc3)cc2C1=O. The summed E-state index contributed by atoms with van der Waals surface area (Å²) in [6, 6.07) is 14.8. The largest absolute Gasteiger partial charge is 0.496 e. The molecule has 6 heterocycles. The Morgan fingerprint density at radius 2 is 1.70 bits per heavy atom. The molecule has 70 heavy (non-hydrogen) atoms. The number of piperidine rings is 2. The Morgan fingerprint density at radius 3 is 2.44 bits per heavy atom. The Hall–Kier alpha value is -8.11. The number of ether oxygens (including phenoxy) is 1. The minimum absolute atomic E-state index is 0.00631. The van der Waals surface area contributed by atoms with Crippen molar-refractivity contribution >= 4 is 63.7 Å². The zero-order valence-corrected chi connectivity index (χ0v) is 38.6. The molecule has 2 fully saturated rings. The van der Waals surface area contributed by atoms with Gasteiger partial charge >= 0.3 is 0 Å². The first-order valence-electron chi connectivity index (χ1n) is 22.7. The maximum absolute atomic E-state index is 14.6. The molecule has 0 radical (unpaired) electrons. The average molecular weight is 965 g/mol. The third kappa shape index (κ3) is 9.76. The Balaban J connectivity index is 0.743. The molecule has 3 aromatic carbocycles. The van der Waals surface area contributed by atoms with E-state index in [4.69, 9.17) is 4.74 Å². The van der Waals surface area contributed by atoms with Gasteiger partial charge in [0.1, 0.15) is 29.3 Å². The summed E-state index contributed by atoms with van der Waals surface area (Å²) < 4.78 is 20.0. The molecule has 0 bridgehead atoms. The van der Waals surface area contributed by atoms with Crippen LogP contribution in [0.5, 0.6) is 5.75 Å². The van der Waals surface area contributed by atoms with Gasteiger partial charge in [-0.2, -0.15) is 0 Å². The number of aromatic nitrogens is 2. The van der Waals surface area contributed by atoms with Gasteiger partial charge in [0.05, 0.1) is 18.2 Å². The molecule has 3 N–H and O–H groups in total. The summed E-state index contributed by atoms with van der Waals surface area (Å²) >= 11 is 1.21. The van der Waals surface area contributed by atoms with E-state index in [0.29, 0.717) is 84.6 Å². The minimum atomic E-state index is -1.24. The lowest BCUT2D eigenvalue weighted by Gasteiger charge is -2.32. The van der Waals surface area contributed by atoms with Crippen LogP contribution in [0.1, 0.15) is 120 Å². The second kappa shape index (κ2) is 20.2. The maximum Gasteiger partial charge on any atom is 0.270 e. The highest BCUT2D eigenvalue weighted by Crippen LogP contribution is 2.37. The van der Waals surface area contributed by atoms with Crippen LogP contribution in [0.3, 0.4) is 0 Å². The van der Waals surface area contributed by atoms with E-state index >= 15 is 0 Å². The highest BCUT2D eigenvalue weighted by atomic mass is 32.1. The molecule has 2 saturated heterocycles. The second-order valence-electron chi connectivity index (χ2n) is 17.2. The first-order valence-corrected chi connectivity index (χ1v) is 23.6. The van der Waals surface area contributed by atoms with Gasteiger partial charge in [0, 0.05) is 78.5 Å². The molecule has 4 aliphatic heterocycles. The molecule has 2 atom stereocenters. The van der Waals surface area contributed by atoms with Crippen molar-refractivity contribution in [3.05, 3.63) is 141 Å². The molecule has 19 heteroatoms. The number of methoxy groups -OCH3 is 1. The van der Waals surface area contributed by atoms with Crippen LogP contribution >= 0.6 is 11.3 Å². The molecule has 5 aromatic rings. The number of imide groups is 2. The van der Waals surface area contributed by atoms with Gasteiger partial charge < -0.3 is 19.9 Å². The van der Waals surface area contributed by atoms with E-state index in [-0.39, 0.29) is 65.4 Å². The predicted octanol–water partition coefficient (Wildman–Crippen LogP) is 4.96. The fourth-order valence-corrected chi connectivity index (χ4v) is 9.79. The normalized spacial score (nSPS) is 17.1. The summed E-state index contributed by atoms with van der Waals surface area (Å²) in [5.41, 5.74) is 3.62. The number of carbonyl (C=O) groups excluding carboxylic acids is 8. The van der Waals surface area contributed by atoms with Crippen molar-refractivity contribution in [2.75, 3.05) is 25.5 Å².